The molecule has 0 saturated carbocycles. The van der Waals surface area contributed by atoms with Crippen molar-refractivity contribution in [2.45, 2.75) is 19.8 Å². The molecule has 20 heavy (non-hydrogen) atoms. The number of carbonyl (C=O) groups excluding carboxylic acids is 1. The van der Waals surface area contributed by atoms with Crippen LogP contribution in [-0.2, 0) is 11.2 Å². The van der Waals surface area contributed by atoms with Crippen LogP contribution in [0.1, 0.15) is 17.5 Å². The van der Waals surface area contributed by atoms with E-state index in [9.17, 15) is 9.18 Å². The third kappa shape index (κ3) is 4.07. The van der Waals surface area contributed by atoms with Crippen molar-refractivity contribution in [1.29, 1.82) is 0 Å². The quantitative estimate of drug-likeness (QED) is 0.891. The van der Waals surface area contributed by atoms with E-state index in [0.717, 1.165) is 16.8 Å². The molecule has 1 amide bonds. The summed E-state index contributed by atoms with van der Waals surface area (Å²) in [5.74, 6) is -0.354. The first kappa shape index (κ1) is 14.5. The highest BCUT2D eigenvalue weighted by Gasteiger charge is 2.06. The third-order valence-electron chi connectivity index (χ3n) is 3.03. The van der Waals surface area contributed by atoms with Crippen LogP contribution in [-0.4, -0.2) is 5.91 Å². The summed E-state index contributed by atoms with van der Waals surface area (Å²) in [5, 5.41) is 3.42. The van der Waals surface area contributed by atoms with Gasteiger partial charge in [0.2, 0.25) is 5.91 Å². The van der Waals surface area contributed by atoms with Crippen LogP contribution in [0.25, 0.3) is 0 Å². The number of aryl methyl sites for hydroxylation is 2. The maximum absolute atomic E-state index is 12.8. The summed E-state index contributed by atoms with van der Waals surface area (Å²) < 4.78 is 12.8. The van der Waals surface area contributed by atoms with E-state index in [0.29, 0.717) is 17.9 Å². The number of nitrogens with one attached hydrogen (secondary N) is 1. The predicted molar refractivity (Wildman–Crippen MR) is 79.5 cm³/mol. The van der Waals surface area contributed by atoms with E-state index < -0.39 is 0 Å². The molecule has 2 nitrogen and oxygen atoms in total. The predicted octanol–water partition coefficient (Wildman–Crippen LogP) is 4.36. The minimum absolute atomic E-state index is 0.0836. The number of hydrogen-bond acceptors (Lipinski definition) is 1. The Morgan fingerprint density at radius 3 is 2.60 bits per heavy atom. The highest BCUT2D eigenvalue weighted by atomic mass is 35.5. The lowest BCUT2D eigenvalue weighted by molar-refractivity contribution is -0.116. The van der Waals surface area contributed by atoms with Crippen molar-refractivity contribution >= 4 is 23.2 Å². The van der Waals surface area contributed by atoms with E-state index >= 15 is 0 Å². The monoisotopic (exact) mass is 291 g/mol. The molecule has 2 aromatic rings. The van der Waals surface area contributed by atoms with Crippen LogP contribution in [0.15, 0.2) is 42.5 Å². The molecule has 0 aliphatic rings. The zero-order chi connectivity index (χ0) is 14.5. The van der Waals surface area contributed by atoms with Gasteiger partial charge in [-0.2, -0.15) is 0 Å². The van der Waals surface area contributed by atoms with Crippen molar-refractivity contribution in [2.75, 3.05) is 5.32 Å². The van der Waals surface area contributed by atoms with E-state index in [-0.39, 0.29) is 11.7 Å². The maximum atomic E-state index is 12.8. The van der Waals surface area contributed by atoms with Crippen LogP contribution in [0.5, 0.6) is 0 Å². The largest absolute Gasteiger partial charge is 0.326 e. The average Bonchev–Trinajstić information content (AvgIpc) is 2.42. The van der Waals surface area contributed by atoms with E-state index in [1.165, 1.54) is 12.1 Å². The van der Waals surface area contributed by atoms with Gasteiger partial charge in [-0.3, -0.25) is 4.79 Å². The number of anilines is 1. The first-order valence-corrected chi connectivity index (χ1v) is 6.73. The number of halogens is 2. The molecule has 0 heterocycles. The fourth-order valence-electron chi connectivity index (χ4n) is 1.85. The van der Waals surface area contributed by atoms with Gasteiger partial charge >= 0.3 is 0 Å². The lowest BCUT2D eigenvalue weighted by Crippen LogP contribution is -2.13. The van der Waals surface area contributed by atoms with Crippen LogP contribution in [0, 0.1) is 12.7 Å². The molecule has 0 unspecified atom stereocenters. The Morgan fingerprint density at radius 1 is 1.20 bits per heavy atom. The second kappa shape index (κ2) is 6.53. The second-order valence-electron chi connectivity index (χ2n) is 4.63. The standard InChI is InChI=1S/C16H15ClFNO/c1-11-2-6-13(17)10-15(11)19-16(20)9-5-12-3-7-14(18)8-4-12/h2-4,6-8,10H,5,9H2,1H3,(H,19,20). The molecular weight excluding hydrogens is 277 g/mol. The van der Waals surface area contributed by atoms with E-state index in [1.807, 2.05) is 13.0 Å². The van der Waals surface area contributed by atoms with Crippen LogP contribution in [0.2, 0.25) is 5.02 Å². The summed E-state index contributed by atoms with van der Waals surface area (Å²) in [6.07, 6.45) is 0.920. The molecule has 0 spiro atoms. The van der Waals surface area contributed by atoms with Gasteiger partial charge in [0.25, 0.3) is 0 Å². The molecule has 0 aromatic heterocycles. The second-order valence-corrected chi connectivity index (χ2v) is 5.07. The minimum Gasteiger partial charge on any atom is -0.326 e. The number of carbonyl (C=O) groups is 1. The summed E-state index contributed by atoms with van der Waals surface area (Å²) in [6, 6.07) is 11.5. The van der Waals surface area contributed by atoms with Crippen molar-refractivity contribution in [1.82, 2.24) is 0 Å². The van der Waals surface area contributed by atoms with Crippen molar-refractivity contribution in [3.05, 3.63) is 64.4 Å². The lowest BCUT2D eigenvalue weighted by Gasteiger charge is -2.09. The first-order chi connectivity index (χ1) is 9.54. The van der Waals surface area contributed by atoms with Crippen LogP contribution < -0.4 is 5.32 Å². The zero-order valence-corrected chi connectivity index (χ0v) is 11.9. The normalized spacial score (nSPS) is 10.3. The van der Waals surface area contributed by atoms with Gasteiger partial charge in [-0.1, -0.05) is 29.8 Å². The van der Waals surface area contributed by atoms with Gasteiger partial charge in [-0.15, -0.1) is 0 Å². The van der Waals surface area contributed by atoms with Gasteiger partial charge in [0, 0.05) is 17.1 Å². The molecule has 0 aliphatic carbocycles. The van der Waals surface area contributed by atoms with E-state index in [4.69, 9.17) is 11.6 Å². The van der Waals surface area contributed by atoms with E-state index in [1.54, 1.807) is 24.3 Å². The highest BCUT2D eigenvalue weighted by Crippen LogP contribution is 2.20. The Morgan fingerprint density at radius 2 is 1.90 bits per heavy atom. The molecule has 0 saturated heterocycles. The van der Waals surface area contributed by atoms with Crippen LogP contribution in [0.3, 0.4) is 0 Å². The molecular formula is C16H15ClFNO. The molecule has 2 rings (SSSR count). The van der Waals surface area contributed by atoms with Crippen LogP contribution >= 0.6 is 11.6 Å². The summed E-state index contributed by atoms with van der Waals surface area (Å²) in [5.41, 5.74) is 2.62. The molecule has 0 bridgehead atoms. The molecule has 104 valence electrons. The molecule has 2 aromatic carbocycles. The molecule has 0 radical (unpaired) electrons. The van der Waals surface area contributed by atoms with Gasteiger partial charge in [-0.05, 0) is 48.7 Å². The Hall–Kier alpha value is -1.87. The molecule has 1 N–H and O–H groups in total. The SMILES string of the molecule is Cc1ccc(Cl)cc1NC(=O)CCc1ccc(F)cc1. The fourth-order valence-corrected chi connectivity index (χ4v) is 2.02. The van der Waals surface area contributed by atoms with Crippen molar-refractivity contribution in [3.8, 4) is 0 Å². The van der Waals surface area contributed by atoms with Crippen molar-refractivity contribution in [3.63, 3.8) is 0 Å². The third-order valence-corrected chi connectivity index (χ3v) is 3.26. The molecule has 0 aliphatic heterocycles. The Bertz CT molecular complexity index is 610. The summed E-state index contributed by atoms with van der Waals surface area (Å²) in [4.78, 5) is 11.9. The minimum atomic E-state index is -0.271. The van der Waals surface area contributed by atoms with Gasteiger partial charge in [0.15, 0.2) is 0 Å². The van der Waals surface area contributed by atoms with Crippen molar-refractivity contribution in [2.24, 2.45) is 0 Å². The van der Waals surface area contributed by atoms with Crippen molar-refractivity contribution < 1.29 is 9.18 Å². The number of amides is 1. The Kier molecular flexibility index (Phi) is 4.74. The number of rotatable bonds is 4. The Balaban J connectivity index is 1.92. The van der Waals surface area contributed by atoms with Gasteiger partial charge in [0.05, 0.1) is 0 Å². The lowest BCUT2D eigenvalue weighted by atomic mass is 10.1. The zero-order valence-electron chi connectivity index (χ0n) is 11.1. The number of benzene rings is 2. The molecule has 4 heteroatoms. The first-order valence-electron chi connectivity index (χ1n) is 6.35. The van der Waals surface area contributed by atoms with Gasteiger partial charge < -0.3 is 5.32 Å². The van der Waals surface area contributed by atoms with Crippen LogP contribution in [0.4, 0.5) is 10.1 Å². The maximum Gasteiger partial charge on any atom is 0.224 e. The molecule has 0 atom stereocenters. The number of hydrogen-bond donors (Lipinski definition) is 1. The summed E-state index contributed by atoms with van der Waals surface area (Å²) >= 11 is 5.90. The fraction of sp³-hybridized carbons (Fsp3) is 0.188. The van der Waals surface area contributed by atoms with Gasteiger partial charge in [0.1, 0.15) is 5.82 Å². The summed E-state index contributed by atoms with van der Waals surface area (Å²) in [7, 11) is 0. The summed E-state index contributed by atoms with van der Waals surface area (Å²) in [6.45, 7) is 1.91. The van der Waals surface area contributed by atoms with E-state index in [2.05, 4.69) is 5.32 Å². The Labute approximate surface area is 122 Å². The smallest absolute Gasteiger partial charge is 0.224 e. The average molecular weight is 292 g/mol. The highest BCUT2D eigenvalue weighted by molar-refractivity contribution is 6.31. The van der Waals surface area contributed by atoms with Gasteiger partial charge in [-0.25, -0.2) is 4.39 Å². The topological polar surface area (TPSA) is 29.1 Å². The molecule has 0 fully saturated rings.